The molecule has 7 heteroatoms. The molecule has 2 heterocycles. The van der Waals surface area contributed by atoms with Crippen molar-refractivity contribution in [1.82, 2.24) is 15.5 Å². The maximum atomic E-state index is 12.7. The van der Waals surface area contributed by atoms with Gasteiger partial charge in [-0.15, -0.1) is 24.0 Å². The summed E-state index contributed by atoms with van der Waals surface area (Å²) >= 11 is 0. The Bertz CT molecular complexity index is 673. The van der Waals surface area contributed by atoms with Gasteiger partial charge in [-0.1, -0.05) is 25.1 Å². The lowest BCUT2D eigenvalue weighted by atomic mass is 9.99. The van der Waals surface area contributed by atoms with Crippen molar-refractivity contribution in [3.05, 3.63) is 29.8 Å². The second-order valence-electron chi connectivity index (χ2n) is 8.01. The highest BCUT2D eigenvalue weighted by Gasteiger charge is 2.22. The van der Waals surface area contributed by atoms with Gasteiger partial charge in [-0.2, -0.15) is 0 Å². The number of aryl methyl sites for hydroxylation is 1. The first kappa shape index (κ1) is 23.9. The molecule has 1 amide bonds. The van der Waals surface area contributed by atoms with Gasteiger partial charge in [0, 0.05) is 25.8 Å². The lowest BCUT2D eigenvalue weighted by molar-refractivity contribution is -0.117. The van der Waals surface area contributed by atoms with Gasteiger partial charge in [0.1, 0.15) is 0 Å². The van der Waals surface area contributed by atoms with Crippen LogP contribution >= 0.6 is 24.0 Å². The molecule has 0 aliphatic carbocycles. The van der Waals surface area contributed by atoms with Crippen molar-refractivity contribution in [2.45, 2.75) is 39.0 Å². The highest BCUT2D eigenvalue weighted by atomic mass is 127. The molecular formula is C22H36IN5O. The summed E-state index contributed by atoms with van der Waals surface area (Å²) in [4.78, 5) is 21.4. The number of likely N-dealkylation sites (tertiary alicyclic amines) is 1. The second-order valence-corrected chi connectivity index (χ2v) is 8.01. The zero-order chi connectivity index (χ0) is 19.8. The van der Waals surface area contributed by atoms with E-state index in [1.54, 1.807) is 7.05 Å². The zero-order valence-electron chi connectivity index (χ0n) is 17.8. The van der Waals surface area contributed by atoms with Crippen molar-refractivity contribution in [3.8, 4) is 0 Å². The van der Waals surface area contributed by atoms with Gasteiger partial charge in [0.05, 0.1) is 6.54 Å². The Morgan fingerprint density at radius 3 is 2.69 bits per heavy atom. The Labute approximate surface area is 192 Å². The van der Waals surface area contributed by atoms with Gasteiger partial charge in [-0.3, -0.25) is 9.79 Å². The molecule has 1 aromatic carbocycles. The Balaban J connectivity index is 0.00000300. The molecule has 0 unspecified atom stereocenters. The molecule has 1 saturated heterocycles. The van der Waals surface area contributed by atoms with Crippen molar-refractivity contribution in [3.63, 3.8) is 0 Å². The number of carbonyl (C=O) groups is 1. The van der Waals surface area contributed by atoms with Gasteiger partial charge in [-0.25, -0.2) is 0 Å². The lowest BCUT2D eigenvalue weighted by Gasteiger charge is -2.30. The van der Waals surface area contributed by atoms with E-state index in [9.17, 15) is 4.79 Å². The van der Waals surface area contributed by atoms with Crippen molar-refractivity contribution in [2.24, 2.45) is 10.9 Å². The van der Waals surface area contributed by atoms with Crippen molar-refractivity contribution >= 4 is 41.5 Å². The van der Waals surface area contributed by atoms with Gasteiger partial charge in [-0.05, 0) is 69.3 Å². The minimum Gasteiger partial charge on any atom is -0.356 e. The van der Waals surface area contributed by atoms with E-state index in [4.69, 9.17) is 0 Å². The minimum absolute atomic E-state index is 0. The van der Waals surface area contributed by atoms with Gasteiger partial charge in [0.15, 0.2) is 5.96 Å². The van der Waals surface area contributed by atoms with Gasteiger partial charge < -0.3 is 20.4 Å². The number of nitrogens with zero attached hydrogens (tertiary/aromatic N) is 3. The highest BCUT2D eigenvalue weighted by Crippen LogP contribution is 2.26. The van der Waals surface area contributed by atoms with Crippen LogP contribution in [0, 0.1) is 5.92 Å². The molecule has 0 aromatic heterocycles. The van der Waals surface area contributed by atoms with Crippen LogP contribution < -0.4 is 15.5 Å². The summed E-state index contributed by atoms with van der Waals surface area (Å²) in [5, 5.41) is 6.51. The monoisotopic (exact) mass is 513 g/mol. The maximum absolute atomic E-state index is 12.7. The molecule has 2 N–H and O–H groups in total. The van der Waals surface area contributed by atoms with Crippen LogP contribution in [0.3, 0.4) is 0 Å². The normalized spacial score (nSPS) is 18.0. The van der Waals surface area contributed by atoms with Crippen LogP contribution in [0.25, 0.3) is 0 Å². The lowest BCUT2D eigenvalue weighted by Crippen LogP contribution is -2.46. The Morgan fingerprint density at radius 2 is 1.93 bits per heavy atom. The smallest absolute Gasteiger partial charge is 0.246 e. The fourth-order valence-corrected chi connectivity index (χ4v) is 4.06. The number of hydrogen-bond acceptors (Lipinski definition) is 3. The summed E-state index contributed by atoms with van der Waals surface area (Å²) in [6.07, 6.45) is 5.79. The third kappa shape index (κ3) is 7.13. The highest BCUT2D eigenvalue weighted by molar-refractivity contribution is 14.0. The fraction of sp³-hybridized carbons (Fsp3) is 0.636. The first-order valence-electron chi connectivity index (χ1n) is 10.7. The van der Waals surface area contributed by atoms with E-state index in [-0.39, 0.29) is 36.4 Å². The number of piperidine rings is 1. The molecule has 162 valence electrons. The van der Waals surface area contributed by atoms with Gasteiger partial charge in [0.2, 0.25) is 5.91 Å². The summed E-state index contributed by atoms with van der Waals surface area (Å²) in [5.41, 5.74) is 2.32. The van der Waals surface area contributed by atoms with Crippen LogP contribution in [0.2, 0.25) is 0 Å². The zero-order valence-corrected chi connectivity index (χ0v) is 20.2. The van der Waals surface area contributed by atoms with Crippen molar-refractivity contribution < 1.29 is 4.79 Å². The average Bonchev–Trinajstić information content (AvgIpc) is 2.74. The van der Waals surface area contributed by atoms with Crippen LogP contribution in [0.4, 0.5) is 5.69 Å². The molecule has 0 bridgehead atoms. The molecule has 3 rings (SSSR count). The minimum atomic E-state index is 0. The third-order valence-electron chi connectivity index (χ3n) is 5.86. The Hall–Kier alpha value is -1.35. The van der Waals surface area contributed by atoms with Crippen molar-refractivity contribution in [1.29, 1.82) is 0 Å². The number of amides is 1. The van der Waals surface area contributed by atoms with E-state index in [1.165, 1.54) is 31.5 Å². The van der Waals surface area contributed by atoms with Crippen LogP contribution in [0.1, 0.15) is 38.2 Å². The molecular weight excluding hydrogens is 477 g/mol. The Kier molecular flexibility index (Phi) is 10.2. The van der Waals surface area contributed by atoms with E-state index in [0.717, 1.165) is 50.5 Å². The first-order valence-corrected chi connectivity index (χ1v) is 10.7. The summed E-state index contributed by atoms with van der Waals surface area (Å²) < 4.78 is 0. The topological polar surface area (TPSA) is 60.0 Å². The number of nitrogens with one attached hydrogen (secondary N) is 2. The number of halogens is 1. The predicted molar refractivity (Wildman–Crippen MR) is 131 cm³/mol. The molecule has 6 nitrogen and oxygen atoms in total. The molecule has 2 aliphatic heterocycles. The third-order valence-corrected chi connectivity index (χ3v) is 5.86. The molecule has 0 saturated carbocycles. The molecule has 0 radical (unpaired) electrons. The molecule has 1 aromatic rings. The van der Waals surface area contributed by atoms with Gasteiger partial charge >= 0.3 is 0 Å². The number of fused-ring (bicyclic) bond motifs is 1. The van der Waals surface area contributed by atoms with E-state index in [1.807, 2.05) is 23.1 Å². The molecule has 0 atom stereocenters. The number of anilines is 1. The molecule has 1 fully saturated rings. The molecule has 2 aliphatic rings. The average molecular weight is 513 g/mol. The van der Waals surface area contributed by atoms with E-state index in [2.05, 4.69) is 33.5 Å². The van der Waals surface area contributed by atoms with Crippen LogP contribution in [0.5, 0.6) is 0 Å². The summed E-state index contributed by atoms with van der Waals surface area (Å²) in [6.45, 7) is 7.83. The summed E-state index contributed by atoms with van der Waals surface area (Å²) in [7, 11) is 1.75. The number of guanidine groups is 1. The largest absolute Gasteiger partial charge is 0.356 e. The second kappa shape index (κ2) is 12.4. The quantitative estimate of drug-likeness (QED) is 0.266. The van der Waals surface area contributed by atoms with E-state index < -0.39 is 0 Å². The standard InChI is InChI=1S/C22H35N5O.HI/c1-18-10-15-26(16-11-18)13-6-12-24-22(23-2)25-17-21(28)27-14-5-8-19-7-3-4-9-20(19)27;/h3-4,7,9,18H,5-6,8,10-17H2,1-2H3,(H2,23,24,25);1H. The number of benzene rings is 1. The Morgan fingerprint density at radius 1 is 1.17 bits per heavy atom. The number of rotatable bonds is 6. The number of hydrogen-bond donors (Lipinski definition) is 2. The predicted octanol–water partition coefficient (Wildman–Crippen LogP) is 2.87. The fourth-order valence-electron chi connectivity index (χ4n) is 4.06. The van der Waals surface area contributed by atoms with Gasteiger partial charge in [0.25, 0.3) is 0 Å². The van der Waals surface area contributed by atoms with Crippen LogP contribution in [-0.4, -0.2) is 63.1 Å². The van der Waals surface area contributed by atoms with Crippen molar-refractivity contribution in [2.75, 3.05) is 51.2 Å². The molecule has 29 heavy (non-hydrogen) atoms. The maximum Gasteiger partial charge on any atom is 0.246 e. The summed E-state index contributed by atoms with van der Waals surface area (Å²) in [6, 6.07) is 8.20. The van der Waals surface area contributed by atoms with Crippen LogP contribution in [0.15, 0.2) is 29.3 Å². The number of para-hydroxylation sites is 1. The number of carbonyl (C=O) groups excluding carboxylic acids is 1. The summed E-state index contributed by atoms with van der Waals surface area (Å²) in [5.74, 6) is 1.67. The van der Waals surface area contributed by atoms with Crippen LogP contribution in [-0.2, 0) is 11.2 Å². The van der Waals surface area contributed by atoms with E-state index >= 15 is 0 Å². The SMILES string of the molecule is CN=C(NCCCN1CCC(C)CC1)NCC(=O)N1CCCc2ccccc21.I. The number of aliphatic imine (C=N–C) groups is 1. The van der Waals surface area contributed by atoms with E-state index in [0.29, 0.717) is 5.96 Å². The molecule has 0 spiro atoms. The first-order chi connectivity index (χ1) is 13.7.